The van der Waals surface area contributed by atoms with Crippen molar-refractivity contribution in [3.8, 4) is 0 Å². The Balaban J connectivity index is 1.60. The van der Waals surface area contributed by atoms with Gasteiger partial charge in [-0.05, 0) is 37.3 Å². The molecule has 1 saturated heterocycles. The number of aryl methyl sites for hydroxylation is 1. The SMILES string of the molecule is Cc1nn(CC(C)C)c(C)c1CCC(=O)N1CCOC(c2ccccc2)C1. The van der Waals surface area contributed by atoms with Crippen molar-refractivity contribution in [3.63, 3.8) is 0 Å². The highest BCUT2D eigenvalue weighted by atomic mass is 16.5. The zero-order valence-electron chi connectivity index (χ0n) is 16.9. The average molecular weight is 370 g/mol. The fourth-order valence-corrected chi connectivity index (χ4v) is 3.75. The van der Waals surface area contributed by atoms with E-state index in [0.29, 0.717) is 32.0 Å². The number of rotatable bonds is 6. The van der Waals surface area contributed by atoms with Gasteiger partial charge in [0.15, 0.2) is 0 Å². The van der Waals surface area contributed by atoms with Gasteiger partial charge in [-0.25, -0.2) is 0 Å². The van der Waals surface area contributed by atoms with Gasteiger partial charge < -0.3 is 9.64 Å². The van der Waals surface area contributed by atoms with E-state index in [1.54, 1.807) is 0 Å². The van der Waals surface area contributed by atoms with Crippen molar-refractivity contribution < 1.29 is 9.53 Å². The van der Waals surface area contributed by atoms with E-state index in [4.69, 9.17) is 4.74 Å². The summed E-state index contributed by atoms with van der Waals surface area (Å²) in [6.45, 7) is 11.4. The third kappa shape index (κ3) is 4.78. The molecule has 5 heteroatoms. The minimum Gasteiger partial charge on any atom is -0.370 e. The number of carbonyl (C=O) groups excluding carboxylic acids is 1. The summed E-state index contributed by atoms with van der Waals surface area (Å²) in [7, 11) is 0. The number of amides is 1. The topological polar surface area (TPSA) is 47.4 Å². The van der Waals surface area contributed by atoms with Crippen LogP contribution in [0.4, 0.5) is 0 Å². The minimum absolute atomic E-state index is 0.0267. The molecule has 146 valence electrons. The Labute approximate surface area is 162 Å². The van der Waals surface area contributed by atoms with Gasteiger partial charge >= 0.3 is 0 Å². The van der Waals surface area contributed by atoms with Crippen molar-refractivity contribution in [3.05, 3.63) is 52.8 Å². The number of hydrogen-bond donors (Lipinski definition) is 0. The molecule has 27 heavy (non-hydrogen) atoms. The van der Waals surface area contributed by atoms with Crippen LogP contribution in [-0.2, 0) is 22.5 Å². The van der Waals surface area contributed by atoms with Crippen LogP contribution in [-0.4, -0.2) is 40.3 Å². The quantitative estimate of drug-likeness (QED) is 0.780. The summed E-state index contributed by atoms with van der Waals surface area (Å²) < 4.78 is 7.96. The third-order valence-electron chi connectivity index (χ3n) is 5.25. The number of benzene rings is 1. The van der Waals surface area contributed by atoms with Gasteiger partial charge in [-0.15, -0.1) is 0 Å². The molecule has 1 unspecified atom stereocenters. The van der Waals surface area contributed by atoms with Crippen molar-refractivity contribution in [2.75, 3.05) is 19.7 Å². The van der Waals surface area contributed by atoms with Crippen LogP contribution in [0, 0.1) is 19.8 Å². The second-order valence-corrected chi connectivity index (χ2v) is 7.84. The van der Waals surface area contributed by atoms with Crippen molar-refractivity contribution in [2.45, 2.75) is 53.2 Å². The predicted octanol–water partition coefficient (Wildman–Crippen LogP) is 3.69. The van der Waals surface area contributed by atoms with E-state index in [1.807, 2.05) is 30.0 Å². The zero-order valence-corrected chi connectivity index (χ0v) is 16.9. The molecule has 0 radical (unpaired) electrons. The van der Waals surface area contributed by atoms with Crippen molar-refractivity contribution >= 4 is 5.91 Å². The Morgan fingerprint density at radius 1 is 1.26 bits per heavy atom. The Morgan fingerprint density at radius 2 is 2.00 bits per heavy atom. The van der Waals surface area contributed by atoms with Crippen LogP contribution in [0.25, 0.3) is 0 Å². The normalized spacial score (nSPS) is 17.5. The minimum atomic E-state index is -0.0267. The lowest BCUT2D eigenvalue weighted by molar-refractivity contribution is -0.139. The van der Waals surface area contributed by atoms with E-state index in [1.165, 1.54) is 11.3 Å². The lowest BCUT2D eigenvalue weighted by atomic mass is 10.1. The van der Waals surface area contributed by atoms with Crippen LogP contribution < -0.4 is 0 Å². The van der Waals surface area contributed by atoms with Gasteiger partial charge in [0.25, 0.3) is 0 Å². The number of nitrogens with zero attached hydrogens (tertiary/aromatic N) is 3. The lowest BCUT2D eigenvalue weighted by Gasteiger charge is -2.33. The fraction of sp³-hybridized carbons (Fsp3) is 0.545. The fourth-order valence-electron chi connectivity index (χ4n) is 3.75. The molecule has 0 saturated carbocycles. The van der Waals surface area contributed by atoms with Crippen molar-refractivity contribution in [1.82, 2.24) is 14.7 Å². The molecule has 0 spiro atoms. The highest BCUT2D eigenvalue weighted by Crippen LogP contribution is 2.23. The summed E-state index contributed by atoms with van der Waals surface area (Å²) in [5.41, 5.74) is 4.59. The number of carbonyl (C=O) groups is 1. The van der Waals surface area contributed by atoms with Gasteiger partial charge in [0.1, 0.15) is 6.10 Å². The highest BCUT2D eigenvalue weighted by molar-refractivity contribution is 5.76. The summed E-state index contributed by atoms with van der Waals surface area (Å²) in [5.74, 6) is 0.760. The molecule has 0 aliphatic carbocycles. The highest BCUT2D eigenvalue weighted by Gasteiger charge is 2.25. The van der Waals surface area contributed by atoms with Gasteiger partial charge in [0.05, 0.1) is 18.8 Å². The predicted molar refractivity (Wildman–Crippen MR) is 107 cm³/mol. The first-order valence-electron chi connectivity index (χ1n) is 9.93. The monoisotopic (exact) mass is 369 g/mol. The summed E-state index contributed by atoms with van der Waals surface area (Å²) in [6, 6.07) is 10.2. The largest absolute Gasteiger partial charge is 0.370 e. The summed E-state index contributed by atoms with van der Waals surface area (Å²) in [5, 5.41) is 4.66. The van der Waals surface area contributed by atoms with Crippen LogP contribution in [0.3, 0.4) is 0 Å². The molecule has 1 atom stereocenters. The van der Waals surface area contributed by atoms with Gasteiger partial charge in [-0.3, -0.25) is 9.48 Å². The van der Waals surface area contributed by atoms with Crippen LogP contribution in [0.15, 0.2) is 30.3 Å². The standard InChI is InChI=1S/C22H31N3O2/c1-16(2)14-25-18(4)20(17(3)23-25)10-11-22(26)24-12-13-27-21(15-24)19-8-6-5-7-9-19/h5-9,16,21H,10-15H2,1-4H3. The molecule has 1 aliphatic heterocycles. The first-order chi connectivity index (χ1) is 13.0. The number of hydrogen-bond acceptors (Lipinski definition) is 3. The molecule has 1 fully saturated rings. The second-order valence-electron chi connectivity index (χ2n) is 7.84. The maximum atomic E-state index is 12.8. The average Bonchev–Trinajstić information content (AvgIpc) is 2.93. The van der Waals surface area contributed by atoms with Crippen molar-refractivity contribution in [2.24, 2.45) is 5.92 Å². The Morgan fingerprint density at radius 3 is 2.70 bits per heavy atom. The number of morpholine rings is 1. The van der Waals surface area contributed by atoms with E-state index in [-0.39, 0.29) is 12.0 Å². The first-order valence-corrected chi connectivity index (χ1v) is 9.93. The number of ether oxygens (including phenoxy) is 1. The van der Waals surface area contributed by atoms with E-state index < -0.39 is 0 Å². The molecule has 0 N–H and O–H groups in total. The van der Waals surface area contributed by atoms with Gasteiger partial charge in [0, 0.05) is 25.2 Å². The van der Waals surface area contributed by atoms with E-state index in [9.17, 15) is 4.79 Å². The maximum Gasteiger partial charge on any atom is 0.223 e. The summed E-state index contributed by atoms with van der Waals surface area (Å²) in [6.07, 6.45) is 1.25. The molecule has 2 heterocycles. The van der Waals surface area contributed by atoms with Gasteiger partial charge in [-0.2, -0.15) is 5.10 Å². The lowest BCUT2D eigenvalue weighted by Crippen LogP contribution is -2.42. The zero-order chi connectivity index (χ0) is 19.4. The number of aromatic nitrogens is 2. The van der Waals surface area contributed by atoms with Gasteiger partial charge in [0.2, 0.25) is 5.91 Å². The third-order valence-corrected chi connectivity index (χ3v) is 5.25. The van der Waals surface area contributed by atoms with Gasteiger partial charge in [-0.1, -0.05) is 44.2 Å². The summed E-state index contributed by atoms with van der Waals surface area (Å²) >= 11 is 0. The molecule has 1 aromatic heterocycles. The van der Waals surface area contributed by atoms with E-state index in [2.05, 4.69) is 42.7 Å². The molecule has 5 nitrogen and oxygen atoms in total. The molecule has 1 aliphatic rings. The molecule has 3 rings (SSSR count). The molecule has 0 bridgehead atoms. The molecular weight excluding hydrogens is 338 g/mol. The smallest absolute Gasteiger partial charge is 0.223 e. The molecular formula is C22H31N3O2. The Hall–Kier alpha value is -2.14. The molecule has 2 aromatic rings. The van der Waals surface area contributed by atoms with E-state index >= 15 is 0 Å². The van der Waals surface area contributed by atoms with Crippen LogP contribution in [0.5, 0.6) is 0 Å². The van der Waals surface area contributed by atoms with Crippen molar-refractivity contribution in [1.29, 1.82) is 0 Å². The summed E-state index contributed by atoms with van der Waals surface area (Å²) in [4.78, 5) is 14.7. The van der Waals surface area contributed by atoms with Crippen LogP contribution >= 0.6 is 0 Å². The molecule has 1 amide bonds. The van der Waals surface area contributed by atoms with E-state index in [0.717, 1.165) is 24.2 Å². The Bertz CT molecular complexity index is 767. The van der Waals surface area contributed by atoms with Crippen LogP contribution in [0.1, 0.15) is 48.9 Å². The van der Waals surface area contributed by atoms with Crippen LogP contribution in [0.2, 0.25) is 0 Å². The second kappa shape index (κ2) is 8.70. The first kappa shape index (κ1) is 19.6. The Kier molecular flexibility index (Phi) is 6.32. The molecule has 1 aromatic carbocycles. The maximum absolute atomic E-state index is 12.8.